The van der Waals surface area contributed by atoms with E-state index in [0.717, 1.165) is 4.57 Å². The molecule has 3 rings (SSSR count). The fourth-order valence-electron chi connectivity index (χ4n) is 3.09. The first-order chi connectivity index (χ1) is 11.2. The number of aromatic hydroxyl groups is 2. The molecule has 0 aliphatic carbocycles. The maximum atomic E-state index is 11.7. The largest absolute Gasteiger partial charge is 0.494 e. The molecule has 2 heterocycles. The third-order valence-electron chi connectivity index (χ3n) is 4.46. The fraction of sp³-hybridized carbons (Fsp3) is 0.267. The highest BCUT2D eigenvalue weighted by molar-refractivity contribution is 5.84. The van der Waals surface area contributed by atoms with Gasteiger partial charge in [-0.3, -0.25) is 20.0 Å². The van der Waals surface area contributed by atoms with Gasteiger partial charge in [0.2, 0.25) is 0 Å². The van der Waals surface area contributed by atoms with Crippen molar-refractivity contribution in [2.75, 3.05) is 0 Å². The Morgan fingerprint density at radius 1 is 1.29 bits per heavy atom. The average Bonchev–Trinajstić information content (AvgIpc) is 2.98. The molecule has 24 heavy (non-hydrogen) atoms. The molecule has 0 spiro atoms. The Hall–Kier alpha value is -3.07. The quantitative estimate of drug-likeness (QED) is 0.491. The van der Waals surface area contributed by atoms with E-state index in [1.54, 1.807) is 0 Å². The smallest absolute Gasteiger partial charge is 0.328 e. The van der Waals surface area contributed by atoms with Crippen LogP contribution in [-0.4, -0.2) is 30.8 Å². The van der Waals surface area contributed by atoms with Gasteiger partial charge >= 0.3 is 5.97 Å². The van der Waals surface area contributed by atoms with E-state index in [-0.39, 0.29) is 28.6 Å². The van der Waals surface area contributed by atoms with Gasteiger partial charge in [-0.1, -0.05) is 12.1 Å². The number of benzene rings is 1. The highest BCUT2D eigenvalue weighted by atomic mass is 16.6. The van der Waals surface area contributed by atoms with E-state index in [0.29, 0.717) is 5.56 Å². The lowest BCUT2D eigenvalue weighted by Crippen LogP contribution is -2.43. The summed E-state index contributed by atoms with van der Waals surface area (Å²) in [6.45, 7) is 1.39. The van der Waals surface area contributed by atoms with Crippen molar-refractivity contribution in [1.29, 1.82) is 0 Å². The van der Waals surface area contributed by atoms with Crippen LogP contribution < -0.4 is 5.32 Å². The number of hydrogen-bond donors (Lipinski definition) is 4. The molecule has 2 atom stereocenters. The average molecular weight is 333 g/mol. The second kappa shape index (κ2) is 4.96. The van der Waals surface area contributed by atoms with E-state index in [1.165, 1.54) is 38.2 Å². The number of carbonyl (C=O) groups is 1. The molecule has 1 aromatic carbocycles. The van der Waals surface area contributed by atoms with Gasteiger partial charge < -0.3 is 15.3 Å². The molecule has 0 radical (unpaired) electrons. The summed E-state index contributed by atoms with van der Waals surface area (Å²) in [6.07, 6.45) is 0. The van der Waals surface area contributed by atoms with E-state index < -0.39 is 22.5 Å². The first-order valence-corrected chi connectivity index (χ1v) is 7.05. The zero-order valence-electron chi connectivity index (χ0n) is 12.8. The van der Waals surface area contributed by atoms with Crippen LogP contribution in [0.3, 0.4) is 0 Å². The van der Waals surface area contributed by atoms with E-state index in [2.05, 4.69) is 5.32 Å². The molecule has 1 aliphatic rings. The summed E-state index contributed by atoms with van der Waals surface area (Å²) in [4.78, 5) is 22.0. The number of aromatic nitrogens is 1. The minimum Gasteiger partial charge on any atom is -0.494 e. The third kappa shape index (κ3) is 1.95. The van der Waals surface area contributed by atoms with Crippen molar-refractivity contribution < 1.29 is 25.0 Å². The number of carboxylic acid groups (broad SMARTS) is 1. The number of fused-ring (bicyclic) bond motifs is 1. The molecule has 0 saturated carbocycles. The molecule has 2 aromatic rings. The van der Waals surface area contributed by atoms with Gasteiger partial charge in [0.1, 0.15) is 5.54 Å². The number of nitro benzene ring substituents is 1. The number of hydrogen-bond acceptors (Lipinski definition) is 6. The second-order valence-corrected chi connectivity index (χ2v) is 5.85. The fourth-order valence-corrected chi connectivity index (χ4v) is 3.09. The van der Waals surface area contributed by atoms with Gasteiger partial charge in [-0.2, -0.15) is 0 Å². The van der Waals surface area contributed by atoms with E-state index in [1.807, 2.05) is 0 Å². The molecule has 0 bridgehead atoms. The van der Waals surface area contributed by atoms with Gasteiger partial charge in [0.15, 0.2) is 11.8 Å². The Kier molecular flexibility index (Phi) is 3.27. The molecule has 9 nitrogen and oxygen atoms in total. The van der Waals surface area contributed by atoms with Crippen molar-refractivity contribution in [2.24, 2.45) is 7.05 Å². The number of rotatable bonds is 3. The highest BCUT2D eigenvalue weighted by Crippen LogP contribution is 2.50. The number of non-ortho nitro benzene ring substituents is 1. The molecule has 1 aliphatic heterocycles. The lowest BCUT2D eigenvalue weighted by molar-refractivity contribution is -0.384. The maximum Gasteiger partial charge on any atom is 0.328 e. The van der Waals surface area contributed by atoms with Crippen LogP contribution in [0.2, 0.25) is 0 Å². The monoisotopic (exact) mass is 333 g/mol. The summed E-state index contributed by atoms with van der Waals surface area (Å²) in [5.41, 5.74) is -0.845. The van der Waals surface area contributed by atoms with E-state index in [9.17, 15) is 30.2 Å². The van der Waals surface area contributed by atoms with Crippen LogP contribution in [0.5, 0.6) is 11.8 Å². The Morgan fingerprint density at radius 3 is 2.38 bits per heavy atom. The highest BCUT2D eigenvalue weighted by Gasteiger charge is 2.51. The Morgan fingerprint density at radius 2 is 1.88 bits per heavy atom. The number of carboxylic acids is 1. The van der Waals surface area contributed by atoms with Crippen LogP contribution in [-0.2, 0) is 17.4 Å². The predicted octanol–water partition coefficient (Wildman–Crippen LogP) is 1.34. The van der Waals surface area contributed by atoms with Gasteiger partial charge in [0.25, 0.3) is 5.69 Å². The van der Waals surface area contributed by atoms with Crippen molar-refractivity contribution in [3.63, 3.8) is 0 Å². The molecule has 4 N–H and O–H groups in total. The van der Waals surface area contributed by atoms with Crippen LogP contribution in [0.15, 0.2) is 24.3 Å². The summed E-state index contributed by atoms with van der Waals surface area (Å²) < 4.78 is 1.10. The third-order valence-corrected chi connectivity index (χ3v) is 4.46. The predicted molar refractivity (Wildman–Crippen MR) is 81.8 cm³/mol. The van der Waals surface area contributed by atoms with Gasteiger partial charge in [0, 0.05) is 24.7 Å². The van der Waals surface area contributed by atoms with Crippen LogP contribution in [0.25, 0.3) is 0 Å². The van der Waals surface area contributed by atoms with Gasteiger partial charge in [-0.15, -0.1) is 0 Å². The standard InChI is InChI=1S/C15H15N3O6/c1-15(14(21)22)10-9(12(19)17(2)13(10)20)11(16-15)7-3-5-8(6-4-7)18(23)24/h3-6,11,16,19-20H,1-2H3,(H,21,22)/t11-,15-/m0/s1. The minimum absolute atomic E-state index is 0.0818. The first kappa shape index (κ1) is 15.8. The van der Waals surface area contributed by atoms with Gasteiger partial charge in [0.05, 0.1) is 16.5 Å². The summed E-state index contributed by atoms with van der Waals surface area (Å²) in [5.74, 6) is -1.82. The van der Waals surface area contributed by atoms with Crippen LogP contribution in [0.1, 0.15) is 29.7 Å². The normalized spacial score (nSPS) is 22.3. The molecular formula is C15H15N3O6. The van der Waals surface area contributed by atoms with E-state index in [4.69, 9.17) is 0 Å². The Balaban J connectivity index is 2.17. The summed E-state index contributed by atoms with van der Waals surface area (Å²) in [7, 11) is 1.41. The molecule has 126 valence electrons. The molecule has 1 aromatic heterocycles. The number of nitrogens with zero attached hydrogens (tertiary/aromatic N) is 2. The zero-order valence-corrected chi connectivity index (χ0v) is 12.8. The van der Waals surface area contributed by atoms with E-state index >= 15 is 0 Å². The van der Waals surface area contributed by atoms with Gasteiger partial charge in [-0.25, -0.2) is 4.79 Å². The number of nitrogens with one attached hydrogen (secondary N) is 1. The second-order valence-electron chi connectivity index (χ2n) is 5.85. The molecule has 0 amide bonds. The molecular weight excluding hydrogens is 318 g/mol. The molecule has 9 heteroatoms. The van der Waals surface area contributed by atoms with Crippen molar-refractivity contribution >= 4 is 11.7 Å². The lowest BCUT2D eigenvalue weighted by Gasteiger charge is -2.23. The Bertz CT molecular complexity index is 857. The first-order valence-electron chi connectivity index (χ1n) is 7.05. The SMILES string of the molecule is Cn1c(O)c2c(c1O)[C@@](C)(C(=O)O)N[C@H]2c1ccc([N+](=O)[O-])cc1. The molecule has 0 fully saturated rings. The van der Waals surface area contributed by atoms with Crippen molar-refractivity contribution in [3.8, 4) is 11.8 Å². The molecule has 0 unspecified atom stereocenters. The van der Waals surface area contributed by atoms with Crippen LogP contribution in [0.4, 0.5) is 5.69 Å². The summed E-state index contributed by atoms with van der Waals surface area (Å²) >= 11 is 0. The maximum absolute atomic E-state index is 11.7. The summed E-state index contributed by atoms with van der Waals surface area (Å²) in [5, 5.41) is 43.7. The number of nitro groups is 1. The lowest BCUT2D eigenvalue weighted by atomic mass is 9.94. The number of aliphatic carboxylic acids is 1. The van der Waals surface area contributed by atoms with Crippen molar-refractivity contribution in [3.05, 3.63) is 51.1 Å². The molecule has 0 saturated heterocycles. The summed E-state index contributed by atoms with van der Waals surface area (Å²) in [6, 6.07) is 4.83. The van der Waals surface area contributed by atoms with Crippen LogP contribution >= 0.6 is 0 Å². The Labute approximate surface area is 135 Å². The van der Waals surface area contributed by atoms with Gasteiger partial charge in [-0.05, 0) is 12.5 Å². The topological polar surface area (TPSA) is 138 Å². The van der Waals surface area contributed by atoms with Crippen LogP contribution in [0, 0.1) is 10.1 Å². The van der Waals surface area contributed by atoms with Crippen molar-refractivity contribution in [2.45, 2.75) is 18.5 Å². The van der Waals surface area contributed by atoms with Crippen molar-refractivity contribution in [1.82, 2.24) is 9.88 Å². The minimum atomic E-state index is -1.61. The zero-order chi connectivity index (χ0) is 17.8.